The third-order valence-corrected chi connectivity index (χ3v) is 2.51. The Hall–Kier alpha value is -2.31. The minimum Gasteiger partial charge on any atom is -0.448 e. The molecule has 0 aromatic heterocycles. The summed E-state index contributed by atoms with van der Waals surface area (Å²) in [6, 6.07) is 4.43. The first-order chi connectivity index (χ1) is 8.08. The van der Waals surface area contributed by atoms with Crippen LogP contribution in [0.15, 0.2) is 18.2 Å². The second kappa shape index (κ2) is 4.28. The molecule has 0 radical (unpaired) electrons. The largest absolute Gasteiger partial charge is 0.448 e. The first-order valence-electron chi connectivity index (χ1n) is 5.02. The van der Waals surface area contributed by atoms with Crippen molar-refractivity contribution < 1.29 is 14.5 Å². The average molecular weight is 237 g/mol. The van der Waals surface area contributed by atoms with Gasteiger partial charge in [-0.1, -0.05) is 6.07 Å². The Morgan fingerprint density at radius 3 is 2.82 bits per heavy atom. The molecule has 0 saturated carbocycles. The highest BCUT2D eigenvalue weighted by Crippen LogP contribution is 2.23. The average Bonchev–Trinajstić information content (AvgIpc) is 2.64. The summed E-state index contributed by atoms with van der Waals surface area (Å²) < 4.78 is 4.78. The summed E-state index contributed by atoms with van der Waals surface area (Å²) in [6.07, 6.45) is -0.373. The van der Waals surface area contributed by atoms with Crippen LogP contribution in [0.25, 0.3) is 0 Å². The molecular formula is C10H11N3O4. The van der Waals surface area contributed by atoms with Crippen LogP contribution in [0, 0.1) is 10.1 Å². The molecule has 90 valence electrons. The molecule has 2 N–H and O–H groups in total. The molecule has 1 saturated heterocycles. The topological polar surface area (TPSA) is 98.7 Å². The van der Waals surface area contributed by atoms with E-state index in [1.165, 1.54) is 17.0 Å². The second-order valence-corrected chi connectivity index (χ2v) is 3.69. The number of carbonyl (C=O) groups is 1. The standard InChI is InChI=1S/C10H11N3O4/c11-8-5-7(1-2-9(8)13(15)16)6-12-3-4-17-10(12)14/h1-2,5H,3-4,6,11H2. The highest BCUT2D eigenvalue weighted by Gasteiger charge is 2.22. The molecule has 0 atom stereocenters. The third-order valence-electron chi connectivity index (χ3n) is 2.51. The Bertz CT molecular complexity index is 475. The maximum atomic E-state index is 11.2. The van der Waals surface area contributed by atoms with Crippen LogP contribution in [0.3, 0.4) is 0 Å². The van der Waals surface area contributed by atoms with Crippen molar-refractivity contribution >= 4 is 17.5 Å². The summed E-state index contributed by atoms with van der Waals surface area (Å²) in [6.45, 7) is 1.25. The molecule has 0 aliphatic carbocycles. The number of anilines is 1. The molecule has 2 rings (SSSR count). The molecule has 1 aliphatic heterocycles. The van der Waals surface area contributed by atoms with Crippen molar-refractivity contribution in [1.82, 2.24) is 4.90 Å². The van der Waals surface area contributed by atoms with Crippen molar-refractivity contribution in [3.63, 3.8) is 0 Å². The van der Waals surface area contributed by atoms with Crippen molar-refractivity contribution in [2.45, 2.75) is 6.54 Å². The van der Waals surface area contributed by atoms with Gasteiger partial charge in [0.05, 0.1) is 11.5 Å². The van der Waals surface area contributed by atoms with E-state index in [0.29, 0.717) is 19.7 Å². The van der Waals surface area contributed by atoms with Crippen LogP contribution in [0.2, 0.25) is 0 Å². The maximum Gasteiger partial charge on any atom is 0.410 e. The zero-order valence-electron chi connectivity index (χ0n) is 8.96. The summed E-state index contributed by atoms with van der Waals surface area (Å²) in [7, 11) is 0. The van der Waals surface area contributed by atoms with Gasteiger partial charge in [0.25, 0.3) is 5.69 Å². The monoisotopic (exact) mass is 237 g/mol. The fraction of sp³-hybridized carbons (Fsp3) is 0.300. The summed E-state index contributed by atoms with van der Waals surface area (Å²) in [5.41, 5.74) is 6.27. The van der Waals surface area contributed by atoms with E-state index in [0.717, 1.165) is 5.56 Å². The summed E-state index contributed by atoms with van der Waals surface area (Å²) >= 11 is 0. The maximum absolute atomic E-state index is 11.2. The van der Waals surface area contributed by atoms with Crippen LogP contribution in [-0.4, -0.2) is 29.1 Å². The lowest BCUT2D eigenvalue weighted by Crippen LogP contribution is -2.23. The minimum absolute atomic E-state index is 0.0973. The molecule has 7 nitrogen and oxygen atoms in total. The molecular weight excluding hydrogens is 226 g/mol. The summed E-state index contributed by atoms with van der Waals surface area (Å²) in [5, 5.41) is 10.6. The number of nitrogens with zero attached hydrogens (tertiary/aromatic N) is 2. The van der Waals surface area contributed by atoms with Gasteiger partial charge in [-0.05, 0) is 11.6 Å². The van der Waals surface area contributed by atoms with E-state index < -0.39 is 4.92 Å². The number of benzene rings is 1. The number of hydrogen-bond acceptors (Lipinski definition) is 5. The molecule has 1 aromatic carbocycles. The lowest BCUT2D eigenvalue weighted by molar-refractivity contribution is -0.383. The van der Waals surface area contributed by atoms with E-state index >= 15 is 0 Å². The number of carbonyl (C=O) groups excluding carboxylic acids is 1. The third kappa shape index (κ3) is 2.27. The predicted molar refractivity (Wildman–Crippen MR) is 59.3 cm³/mol. The zero-order chi connectivity index (χ0) is 12.4. The van der Waals surface area contributed by atoms with Crippen LogP contribution >= 0.6 is 0 Å². The summed E-state index contributed by atoms with van der Waals surface area (Å²) in [4.78, 5) is 22.7. The Balaban J connectivity index is 2.15. The molecule has 1 fully saturated rings. The van der Waals surface area contributed by atoms with Crippen molar-refractivity contribution in [1.29, 1.82) is 0 Å². The van der Waals surface area contributed by atoms with Crippen molar-refractivity contribution in [2.24, 2.45) is 0 Å². The number of nitrogens with two attached hydrogens (primary N) is 1. The summed E-state index contributed by atoms with van der Waals surface area (Å²) in [5.74, 6) is 0. The van der Waals surface area contributed by atoms with Crippen LogP contribution in [0.4, 0.5) is 16.2 Å². The highest BCUT2D eigenvalue weighted by molar-refractivity contribution is 5.69. The first kappa shape index (κ1) is 11.2. The number of hydrogen-bond donors (Lipinski definition) is 1. The van der Waals surface area contributed by atoms with E-state index in [2.05, 4.69) is 0 Å². The Morgan fingerprint density at radius 1 is 1.53 bits per heavy atom. The molecule has 1 aromatic rings. The van der Waals surface area contributed by atoms with E-state index in [9.17, 15) is 14.9 Å². The lowest BCUT2D eigenvalue weighted by atomic mass is 10.1. The van der Waals surface area contributed by atoms with Crippen molar-refractivity contribution in [3.05, 3.63) is 33.9 Å². The highest BCUT2D eigenvalue weighted by atomic mass is 16.6. The number of nitro groups is 1. The molecule has 0 bridgehead atoms. The Morgan fingerprint density at radius 2 is 2.29 bits per heavy atom. The lowest BCUT2D eigenvalue weighted by Gasteiger charge is -2.12. The number of ether oxygens (including phenoxy) is 1. The molecule has 1 amide bonds. The van der Waals surface area contributed by atoms with Gasteiger partial charge in [-0.2, -0.15) is 0 Å². The van der Waals surface area contributed by atoms with E-state index in [4.69, 9.17) is 10.5 Å². The first-order valence-corrected chi connectivity index (χ1v) is 5.02. The van der Waals surface area contributed by atoms with Gasteiger partial charge in [0, 0.05) is 12.6 Å². The molecule has 1 heterocycles. The number of nitro benzene ring substituents is 1. The van der Waals surface area contributed by atoms with E-state index in [-0.39, 0.29) is 17.5 Å². The minimum atomic E-state index is -0.538. The molecule has 7 heteroatoms. The van der Waals surface area contributed by atoms with Crippen molar-refractivity contribution in [3.8, 4) is 0 Å². The van der Waals surface area contributed by atoms with Gasteiger partial charge in [0.1, 0.15) is 12.3 Å². The Labute approximate surface area is 96.9 Å². The van der Waals surface area contributed by atoms with Crippen LogP contribution in [0.1, 0.15) is 5.56 Å². The van der Waals surface area contributed by atoms with Crippen LogP contribution in [-0.2, 0) is 11.3 Å². The number of nitrogen functional groups attached to an aromatic ring is 1. The van der Waals surface area contributed by atoms with E-state index in [1.54, 1.807) is 6.07 Å². The van der Waals surface area contributed by atoms with Crippen LogP contribution < -0.4 is 5.73 Å². The van der Waals surface area contributed by atoms with Gasteiger partial charge in [0.15, 0.2) is 0 Å². The smallest absolute Gasteiger partial charge is 0.410 e. The van der Waals surface area contributed by atoms with Gasteiger partial charge in [-0.25, -0.2) is 4.79 Å². The normalized spacial score (nSPS) is 14.8. The predicted octanol–water partition coefficient (Wildman–Crippen LogP) is 1.13. The Kier molecular flexibility index (Phi) is 2.82. The van der Waals surface area contributed by atoms with Gasteiger partial charge in [0.2, 0.25) is 0 Å². The SMILES string of the molecule is Nc1cc(CN2CCOC2=O)ccc1[N+](=O)[O-]. The molecule has 0 unspecified atom stereocenters. The second-order valence-electron chi connectivity index (χ2n) is 3.69. The van der Waals surface area contributed by atoms with Gasteiger partial charge in [-0.15, -0.1) is 0 Å². The fourth-order valence-corrected chi connectivity index (χ4v) is 1.66. The van der Waals surface area contributed by atoms with Crippen molar-refractivity contribution in [2.75, 3.05) is 18.9 Å². The van der Waals surface area contributed by atoms with Gasteiger partial charge >= 0.3 is 6.09 Å². The van der Waals surface area contributed by atoms with Crippen LogP contribution in [0.5, 0.6) is 0 Å². The number of amides is 1. The fourth-order valence-electron chi connectivity index (χ4n) is 1.66. The number of rotatable bonds is 3. The van der Waals surface area contributed by atoms with Gasteiger partial charge < -0.3 is 15.4 Å². The number of cyclic esters (lactones) is 1. The molecule has 1 aliphatic rings. The van der Waals surface area contributed by atoms with Gasteiger partial charge in [-0.3, -0.25) is 10.1 Å². The zero-order valence-corrected chi connectivity index (χ0v) is 8.96. The quantitative estimate of drug-likeness (QED) is 0.482. The molecule has 17 heavy (non-hydrogen) atoms. The van der Waals surface area contributed by atoms with E-state index in [1.807, 2.05) is 0 Å². The molecule has 0 spiro atoms.